The van der Waals surface area contributed by atoms with E-state index >= 15 is 0 Å². The van der Waals surface area contributed by atoms with E-state index in [1.807, 2.05) is 26.8 Å². The van der Waals surface area contributed by atoms with Crippen molar-refractivity contribution in [2.24, 2.45) is 0 Å². The number of carbonyl (C=O) groups is 1. The quantitative estimate of drug-likeness (QED) is 0.840. The Bertz CT molecular complexity index is 723. The van der Waals surface area contributed by atoms with Gasteiger partial charge in [-0.1, -0.05) is 62.9 Å². The number of aromatic amines is 1. The second kappa shape index (κ2) is 6.31. The lowest BCUT2D eigenvalue weighted by molar-refractivity contribution is -0.136. The van der Waals surface area contributed by atoms with Crippen molar-refractivity contribution in [3.8, 4) is 0 Å². The van der Waals surface area contributed by atoms with Gasteiger partial charge in [-0.15, -0.1) is 10.2 Å². The maximum absolute atomic E-state index is 12.1. The molecule has 2 rings (SSSR count). The number of carboxylic acid groups (broad SMARTS) is 1. The topological polar surface area (TPSA) is 95.9 Å². The molecular formula is C15H17N3O3S. The van der Waals surface area contributed by atoms with Crippen molar-refractivity contribution in [2.75, 3.05) is 0 Å². The van der Waals surface area contributed by atoms with Crippen LogP contribution in [0.15, 0.2) is 40.3 Å². The van der Waals surface area contributed by atoms with Crippen molar-refractivity contribution in [1.29, 1.82) is 0 Å². The number of aromatic nitrogens is 3. The van der Waals surface area contributed by atoms with Crippen LogP contribution < -0.4 is 5.56 Å². The van der Waals surface area contributed by atoms with E-state index in [4.69, 9.17) is 0 Å². The number of hydrogen-bond donors (Lipinski definition) is 2. The van der Waals surface area contributed by atoms with Gasteiger partial charge in [-0.2, -0.15) is 0 Å². The van der Waals surface area contributed by atoms with E-state index in [0.29, 0.717) is 11.3 Å². The van der Waals surface area contributed by atoms with E-state index in [-0.39, 0.29) is 10.7 Å². The molecule has 1 unspecified atom stereocenters. The summed E-state index contributed by atoms with van der Waals surface area (Å²) in [5.41, 5.74) is 0.184. The number of carboxylic acids is 1. The zero-order valence-electron chi connectivity index (χ0n) is 12.5. The lowest BCUT2D eigenvalue weighted by Gasteiger charge is -2.16. The van der Waals surface area contributed by atoms with Gasteiger partial charge in [-0.3, -0.25) is 14.6 Å². The van der Waals surface area contributed by atoms with Gasteiger partial charge >= 0.3 is 5.97 Å². The summed E-state index contributed by atoms with van der Waals surface area (Å²) in [7, 11) is 0. The number of thioether (sulfide) groups is 1. The van der Waals surface area contributed by atoms with E-state index in [0.717, 1.165) is 11.8 Å². The summed E-state index contributed by atoms with van der Waals surface area (Å²) in [6.45, 7) is 5.59. The van der Waals surface area contributed by atoms with Crippen molar-refractivity contribution >= 4 is 17.7 Å². The predicted octanol–water partition coefficient (Wildman–Crippen LogP) is 2.38. The fourth-order valence-electron chi connectivity index (χ4n) is 1.87. The summed E-state index contributed by atoms with van der Waals surface area (Å²) < 4.78 is 0. The van der Waals surface area contributed by atoms with Crippen LogP contribution in [0.3, 0.4) is 0 Å². The lowest BCUT2D eigenvalue weighted by Crippen LogP contribution is -2.28. The molecule has 0 bridgehead atoms. The molecule has 0 aliphatic carbocycles. The summed E-state index contributed by atoms with van der Waals surface area (Å²) in [4.78, 5) is 26.1. The van der Waals surface area contributed by atoms with Crippen molar-refractivity contribution in [1.82, 2.24) is 15.2 Å². The molecule has 0 aliphatic heterocycles. The highest BCUT2D eigenvalue weighted by Crippen LogP contribution is 2.32. The minimum atomic E-state index is -1.00. The van der Waals surface area contributed by atoms with Gasteiger partial charge in [0.25, 0.3) is 5.56 Å². The molecule has 22 heavy (non-hydrogen) atoms. The van der Waals surface area contributed by atoms with Gasteiger partial charge in [0.1, 0.15) is 10.9 Å². The minimum absolute atomic E-state index is 0.189. The highest BCUT2D eigenvalue weighted by molar-refractivity contribution is 8.00. The monoisotopic (exact) mass is 319 g/mol. The summed E-state index contributed by atoms with van der Waals surface area (Å²) in [6, 6.07) is 8.79. The molecule has 1 aromatic carbocycles. The van der Waals surface area contributed by atoms with E-state index in [1.54, 1.807) is 24.3 Å². The smallest absolute Gasteiger partial charge is 0.321 e. The van der Waals surface area contributed by atoms with Crippen molar-refractivity contribution < 1.29 is 9.90 Å². The molecule has 0 amide bonds. The van der Waals surface area contributed by atoms with E-state index in [2.05, 4.69) is 15.2 Å². The van der Waals surface area contributed by atoms with Crippen molar-refractivity contribution in [3.05, 3.63) is 51.9 Å². The number of aliphatic carboxylic acids is 1. The van der Waals surface area contributed by atoms with Crippen LogP contribution >= 0.6 is 11.8 Å². The Balaban J connectivity index is 2.31. The second-order valence-electron chi connectivity index (χ2n) is 5.80. The Hall–Kier alpha value is -2.15. The molecule has 7 heteroatoms. The molecule has 116 valence electrons. The molecule has 0 saturated heterocycles. The molecule has 0 saturated carbocycles. The molecule has 1 heterocycles. The zero-order valence-corrected chi connectivity index (χ0v) is 13.3. The van der Waals surface area contributed by atoms with Gasteiger partial charge in [0.05, 0.1) is 0 Å². The third kappa shape index (κ3) is 3.73. The summed E-state index contributed by atoms with van der Waals surface area (Å²) in [5, 5.41) is 16.6. The van der Waals surface area contributed by atoms with Crippen LogP contribution in [0.1, 0.15) is 37.3 Å². The first-order chi connectivity index (χ1) is 10.3. The fourth-order valence-corrected chi connectivity index (χ4v) is 2.72. The zero-order chi connectivity index (χ0) is 16.3. The maximum Gasteiger partial charge on any atom is 0.321 e. The maximum atomic E-state index is 12.1. The number of rotatable bonds is 4. The van der Waals surface area contributed by atoms with Crippen LogP contribution in [0.2, 0.25) is 0 Å². The SMILES string of the molecule is CC(C)(C)c1nnc(SC(C(=O)O)c2ccccc2)[nH]c1=O. The summed E-state index contributed by atoms with van der Waals surface area (Å²) >= 11 is 0.955. The number of nitrogens with one attached hydrogen (secondary N) is 1. The predicted molar refractivity (Wildman–Crippen MR) is 84.0 cm³/mol. The lowest BCUT2D eigenvalue weighted by atomic mass is 9.93. The highest BCUT2D eigenvalue weighted by Gasteiger charge is 2.24. The Labute approximate surface area is 132 Å². The largest absolute Gasteiger partial charge is 0.480 e. The van der Waals surface area contributed by atoms with Gasteiger partial charge in [0.2, 0.25) is 0 Å². The number of H-pyrrole nitrogens is 1. The van der Waals surface area contributed by atoms with Gasteiger partial charge in [-0.05, 0) is 5.56 Å². The number of hydrogen-bond acceptors (Lipinski definition) is 5. The molecule has 2 N–H and O–H groups in total. The normalized spacial score (nSPS) is 12.9. The third-order valence-corrected chi connectivity index (χ3v) is 4.06. The molecule has 0 aliphatic rings. The van der Waals surface area contributed by atoms with Gasteiger partial charge in [0.15, 0.2) is 5.16 Å². The highest BCUT2D eigenvalue weighted by atomic mass is 32.2. The average Bonchev–Trinajstić information content (AvgIpc) is 2.44. The summed E-state index contributed by atoms with van der Waals surface area (Å²) in [6.07, 6.45) is 0. The fraction of sp³-hybridized carbons (Fsp3) is 0.333. The first-order valence-electron chi connectivity index (χ1n) is 6.71. The van der Waals surface area contributed by atoms with Crippen LogP contribution in [0, 0.1) is 0 Å². The molecule has 0 radical (unpaired) electrons. The minimum Gasteiger partial charge on any atom is -0.480 e. The molecule has 2 aromatic rings. The van der Waals surface area contributed by atoms with Gasteiger partial charge < -0.3 is 5.11 Å². The first kappa shape index (κ1) is 16.2. The summed E-state index contributed by atoms with van der Waals surface area (Å²) in [5.74, 6) is -1.00. The second-order valence-corrected chi connectivity index (χ2v) is 6.90. The molecule has 6 nitrogen and oxygen atoms in total. The Morgan fingerprint density at radius 3 is 2.36 bits per heavy atom. The molecular weight excluding hydrogens is 302 g/mol. The average molecular weight is 319 g/mol. The Morgan fingerprint density at radius 2 is 1.86 bits per heavy atom. The van der Waals surface area contributed by atoms with Crippen LogP contribution in [0.25, 0.3) is 0 Å². The third-order valence-electron chi connectivity index (χ3n) is 2.94. The standard InChI is InChI=1S/C15H17N3O3S/c1-15(2,3)11-12(19)16-14(18-17-11)22-10(13(20)21)9-7-5-4-6-8-9/h4-8,10H,1-3H3,(H,20,21)(H,16,18,19). The van der Waals surface area contributed by atoms with E-state index in [1.165, 1.54) is 0 Å². The van der Waals surface area contributed by atoms with Gasteiger partial charge in [0, 0.05) is 5.41 Å². The Morgan fingerprint density at radius 1 is 1.23 bits per heavy atom. The van der Waals surface area contributed by atoms with Crippen LogP contribution in [-0.2, 0) is 10.2 Å². The van der Waals surface area contributed by atoms with Crippen LogP contribution in [0.5, 0.6) is 0 Å². The van der Waals surface area contributed by atoms with Crippen LogP contribution in [-0.4, -0.2) is 26.3 Å². The molecule has 0 fully saturated rings. The number of nitrogens with zero attached hydrogens (tertiary/aromatic N) is 2. The number of benzene rings is 1. The molecule has 0 spiro atoms. The first-order valence-corrected chi connectivity index (χ1v) is 7.59. The van der Waals surface area contributed by atoms with E-state index < -0.39 is 16.6 Å². The molecule has 1 aromatic heterocycles. The van der Waals surface area contributed by atoms with Gasteiger partial charge in [-0.25, -0.2) is 0 Å². The molecule has 1 atom stereocenters. The van der Waals surface area contributed by atoms with Crippen LogP contribution in [0.4, 0.5) is 0 Å². The van der Waals surface area contributed by atoms with Crippen molar-refractivity contribution in [2.45, 2.75) is 36.6 Å². The van der Waals surface area contributed by atoms with Crippen molar-refractivity contribution in [3.63, 3.8) is 0 Å². The van der Waals surface area contributed by atoms with E-state index in [9.17, 15) is 14.7 Å². The Kier molecular flexibility index (Phi) is 4.65.